The molecule has 0 spiro atoms. The number of rotatable bonds is 21. The van der Waals surface area contributed by atoms with E-state index in [2.05, 4.69) is 58.5 Å². The highest BCUT2D eigenvalue weighted by molar-refractivity contribution is 14.1. The lowest BCUT2D eigenvalue weighted by Gasteiger charge is -2.32. The van der Waals surface area contributed by atoms with Crippen LogP contribution in [0.5, 0.6) is 5.75 Å². The van der Waals surface area contributed by atoms with Gasteiger partial charge in [-0.1, -0.05) is 157 Å². The zero-order valence-corrected chi connectivity index (χ0v) is 65.8. The van der Waals surface area contributed by atoms with Gasteiger partial charge in [0.2, 0.25) is 59.1 Å². The molecular formula is C77H98IN15O16S2. The zero-order chi connectivity index (χ0) is 81.0. The number of hydrogen-bond donors (Lipinski definition) is 18. The molecule has 1 aliphatic heterocycles. The molecule has 0 unspecified atom stereocenters. The number of hydrogen-bond acceptors (Lipinski definition) is 21. The van der Waals surface area contributed by atoms with E-state index in [1.807, 2.05) is 42.5 Å². The van der Waals surface area contributed by atoms with Crippen LogP contribution in [0.4, 0.5) is 0 Å². The second kappa shape index (κ2) is 43.7. The summed E-state index contributed by atoms with van der Waals surface area (Å²) in [6, 6.07) is 23.5. The molecule has 13 atom stereocenters. The minimum Gasteiger partial charge on any atom is -0.507 e. The number of fused-ring (bicyclic) bond motifs is 1. The molecule has 6 aromatic carbocycles. The van der Waals surface area contributed by atoms with Crippen LogP contribution in [0.1, 0.15) is 85.1 Å². The van der Waals surface area contributed by atoms with Crippen molar-refractivity contribution in [2.45, 2.75) is 164 Å². The number of primary amides is 1. The molecule has 0 bridgehead atoms. The van der Waals surface area contributed by atoms with Gasteiger partial charge in [-0.3, -0.25) is 57.5 Å². The first-order chi connectivity index (χ1) is 52.9. The van der Waals surface area contributed by atoms with Crippen LogP contribution in [0.3, 0.4) is 0 Å². The molecule has 1 aliphatic rings. The van der Waals surface area contributed by atoms with Gasteiger partial charge in [-0.2, -0.15) is 0 Å². The van der Waals surface area contributed by atoms with Gasteiger partial charge in [0.15, 0.2) is 6.17 Å². The minimum atomic E-state index is -2.07. The van der Waals surface area contributed by atoms with Gasteiger partial charge in [-0.15, -0.1) is 0 Å². The number of phenols is 1. The van der Waals surface area contributed by atoms with E-state index in [1.54, 1.807) is 115 Å². The van der Waals surface area contributed by atoms with Crippen molar-refractivity contribution in [2.75, 3.05) is 31.7 Å². The van der Waals surface area contributed by atoms with Crippen LogP contribution in [-0.2, 0) is 85.0 Å². The summed E-state index contributed by atoms with van der Waals surface area (Å²) in [5, 5.41) is 73.9. The fourth-order valence-corrected chi connectivity index (χ4v) is 14.5. The van der Waals surface area contributed by atoms with Gasteiger partial charge in [0.1, 0.15) is 60.1 Å². The van der Waals surface area contributed by atoms with Gasteiger partial charge in [0.25, 0.3) is 11.8 Å². The molecule has 21 N–H and O–H groups in total. The molecule has 0 saturated carbocycles. The summed E-state index contributed by atoms with van der Waals surface area (Å²) >= 11 is 1.82. The molecule has 12 amide bonds. The Bertz CT molecular complexity index is 4210. The Labute approximate surface area is 664 Å². The minimum absolute atomic E-state index is 0.00408. The third-order valence-electron chi connectivity index (χ3n) is 18.0. The number of nitrogens with one attached hydrogen (secondary N) is 11. The molecule has 111 heavy (non-hydrogen) atoms. The van der Waals surface area contributed by atoms with E-state index in [4.69, 9.17) is 17.2 Å². The fourth-order valence-electron chi connectivity index (χ4n) is 11.7. The molecule has 6 aromatic rings. The summed E-state index contributed by atoms with van der Waals surface area (Å²) in [6.45, 7) is 5.73. The van der Waals surface area contributed by atoms with E-state index >= 15 is 24.0 Å². The van der Waals surface area contributed by atoms with Crippen molar-refractivity contribution in [3.63, 3.8) is 0 Å². The van der Waals surface area contributed by atoms with Crippen molar-refractivity contribution in [1.82, 2.24) is 63.4 Å². The number of aromatic hydroxyl groups is 1. The summed E-state index contributed by atoms with van der Waals surface area (Å²) < 4.78 is 0.307. The third-order valence-corrected chi connectivity index (χ3v) is 21.4. The van der Waals surface area contributed by atoms with E-state index < -0.39 is 163 Å². The predicted octanol–water partition coefficient (Wildman–Crippen LogP) is -0.413. The van der Waals surface area contributed by atoms with Crippen molar-refractivity contribution in [3.05, 3.63) is 183 Å². The molecule has 31 nitrogen and oxygen atoms in total. The number of nitrogens with zero attached hydrogens (tertiary/aromatic N) is 1. The number of carbonyl (C=O) groups is 12. The maximum absolute atomic E-state index is 15.7. The maximum atomic E-state index is 15.7. The van der Waals surface area contributed by atoms with Gasteiger partial charge in [0.05, 0.1) is 28.4 Å². The molecule has 1 saturated heterocycles. The predicted molar refractivity (Wildman–Crippen MR) is 428 cm³/mol. The lowest BCUT2D eigenvalue weighted by Crippen LogP contribution is -2.65. The first kappa shape index (κ1) is 88.4. The van der Waals surface area contributed by atoms with Gasteiger partial charge >= 0.3 is 0 Å². The number of aliphatic hydroxyl groups is 3. The van der Waals surface area contributed by atoms with Crippen molar-refractivity contribution >= 4 is 126 Å². The topological polar surface area (TPSA) is 499 Å². The Kier molecular flexibility index (Phi) is 34.8. The van der Waals surface area contributed by atoms with E-state index in [0.717, 1.165) is 51.3 Å². The highest BCUT2D eigenvalue weighted by atomic mass is 127. The van der Waals surface area contributed by atoms with E-state index in [1.165, 1.54) is 31.3 Å². The van der Waals surface area contributed by atoms with Crippen LogP contribution in [0, 0.1) is 3.57 Å². The van der Waals surface area contributed by atoms with Crippen molar-refractivity contribution in [1.29, 1.82) is 0 Å². The molecule has 596 valence electrons. The largest absolute Gasteiger partial charge is 0.507 e. The Morgan fingerprint density at radius 3 is 1.47 bits per heavy atom. The number of likely N-dealkylation sites (N-methyl/N-ethyl adjacent to an activating group) is 1. The summed E-state index contributed by atoms with van der Waals surface area (Å²) in [7, 11) is 3.14. The lowest BCUT2D eigenvalue weighted by atomic mass is 10.0. The van der Waals surface area contributed by atoms with E-state index in [-0.39, 0.29) is 61.1 Å². The second-order valence-corrected chi connectivity index (χ2v) is 31.0. The van der Waals surface area contributed by atoms with Gasteiger partial charge in [-0.05, 0) is 125 Å². The van der Waals surface area contributed by atoms with Crippen LogP contribution in [0.25, 0.3) is 10.8 Å². The van der Waals surface area contributed by atoms with Crippen LogP contribution < -0.4 is 75.7 Å². The Balaban J connectivity index is 1.35. The summed E-state index contributed by atoms with van der Waals surface area (Å²) in [6.07, 6.45) is -6.15. The standard InChI is InChI=1S/C77H98IN15O16S2/c1-42(2)82-38-48-25-23-47(24-26-48)35-57-70(102)90-63(43(3)95)74(106)86-59(36-49-27-30-62(97)53(78)32-49)71(103)91-64(44(4)96)75(107)88-60(39-94)73(105)89-61(65(81)98)41-111-110-40-54(80)67(99)83-55(22-14-15-31-79)68(100)84-56(33-45-16-8-6-9-17-45)69(101)85-58(34-46-18-10-7-11-19-46)72(104)92-66(76(108)87-57)93(5)77(109)52-29-28-50-20-12-13-21-51(50)37-52/h6-13,16-21,23-30,32,37,42-44,54-61,63-64,66,82,94-97H,14-15,22,31,33-36,38-41,79-80H2,1-5H3,(H2,81,98)(H,83,99)(H,84,100)(H,85,101)(H,86,106)(H,87,108)(H,88,107)(H,89,105)(H,90,102)(H,91,103)(H,92,104)/t43-,44-,54+,55+,56+,57+,58+,59+,60+,61+,63+,64+,66-/m1/s1. The molecule has 1 heterocycles. The molecular weight excluding hydrogens is 1580 g/mol. The second-order valence-electron chi connectivity index (χ2n) is 27.2. The number of aliphatic hydroxyl groups excluding tert-OH is 3. The summed E-state index contributed by atoms with van der Waals surface area (Å²) in [5.41, 5.74) is 20.6. The van der Waals surface area contributed by atoms with Crippen molar-refractivity contribution in [2.24, 2.45) is 17.2 Å². The first-order valence-electron chi connectivity index (χ1n) is 36.1. The average Bonchev–Trinajstić information content (AvgIpc) is 0.816. The lowest BCUT2D eigenvalue weighted by molar-refractivity contribution is -0.138. The SMILES string of the molecule is CC(C)NCc1ccc(C[C@@H]2NC(=O)[C@@H](N(C)C(=O)c3ccc4ccccc4c3)NC(=O)[C@H](Cc3ccccc3)NC(=O)[C@H](Cc3ccccc3)NC(=O)[C@H](CCCCN)NC(=O)[C@@H](N)CSSC[C@@H](C(N)=O)NC(=O)[C@H](CO)NC(=O)[C@H]([C@@H](C)O)NC(=O)[C@H](Cc3ccc(O)c(I)c3)NC(=O)[C@H]([C@@H](C)O)NC2=O)cc1. The molecule has 0 aromatic heterocycles. The van der Waals surface area contributed by atoms with Crippen LogP contribution in [0.2, 0.25) is 0 Å². The van der Waals surface area contributed by atoms with Crippen LogP contribution >= 0.6 is 44.2 Å². The third kappa shape index (κ3) is 27.3. The smallest absolute Gasteiger partial charge is 0.264 e. The van der Waals surface area contributed by atoms with Crippen molar-refractivity contribution in [3.8, 4) is 5.75 Å². The van der Waals surface area contributed by atoms with E-state index in [0.29, 0.717) is 50.6 Å². The Morgan fingerprint density at radius 1 is 0.505 bits per heavy atom. The highest BCUT2D eigenvalue weighted by Crippen LogP contribution is 2.25. The molecule has 34 heteroatoms. The molecule has 0 aliphatic carbocycles. The quantitative estimate of drug-likeness (QED) is 0.0247. The van der Waals surface area contributed by atoms with E-state index in [9.17, 15) is 54.0 Å². The molecule has 1 fully saturated rings. The van der Waals surface area contributed by atoms with Gasteiger partial charge < -0.3 is 101 Å². The first-order valence-corrected chi connectivity index (χ1v) is 39.6. The van der Waals surface area contributed by atoms with Gasteiger partial charge in [0, 0.05) is 62.4 Å². The van der Waals surface area contributed by atoms with Crippen LogP contribution in [0.15, 0.2) is 146 Å². The molecule has 0 radical (unpaired) electrons. The summed E-state index contributed by atoms with van der Waals surface area (Å²) in [5.74, 6) is -13.2. The number of carbonyl (C=O) groups excluding carboxylic acids is 12. The monoisotopic (exact) mass is 1680 g/mol. The number of phenolic OH excluding ortho intramolecular Hbond substituents is 1. The normalized spacial score (nSPS) is 23.0. The average molecular weight is 1680 g/mol. The Morgan fingerprint density at radius 2 is 0.946 bits per heavy atom. The molecule has 7 rings (SSSR count). The fraction of sp³-hybridized carbons (Fsp3) is 0.403. The summed E-state index contributed by atoms with van der Waals surface area (Å²) in [4.78, 5) is 177. The number of amides is 12. The number of benzene rings is 6. The van der Waals surface area contributed by atoms with Crippen LogP contribution in [-0.4, -0.2) is 213 Å². The van der Waals surface area contributed by atoms with Gasteiger partial charge in [-0.25, -0.2) is 0 Å². The maximum Gasteiger partial charge on any atom is 0.264 e. The Hall–Kier alpha value is -9.79. The number of nitrogens with two attached hydrogens (primary N) is 3. The number of halogens is 1. The highest BCUT2D eigenvalue weighted by Gasteiger charge is 2.40. The number of unbranched alkanes of at least 4 members (excludes halogenated alkanes) is 1. The zero-order valence-electron chi connectivity index (χ0n) is 62.0. The van der Waals surface area contributed by atoms with Crippen molar-refractivity contribution < 1.29 is 78.0 Å².